The Kier molecular flexibility index (Phi) is 7.46. The predicted molar refractivity (Wildman–Crippen MR) is 99.5 cm³/mol. The molecule has 158 valence electrons. The number of likely N-dealkylation sites (tertiary alicyclic amines) is 1. The molecule has 28 heavy (non-hydrogen) atoms. The third-order valence-electron chi connectivity index (χ3n) is 4.76. The Morgan fingerprint density at radius 3 is 2.57 bits per heavy atom. The summed E-state index contributed by atoms with van der Waals surface area (Å²) in [7, 11) is -3.67. The van der Waals surface area contributed by atoms with E-state index in [-0.39, 0.29) is 29.5 Å². The molecular weight excluding hydrogens is 395 g/mol. The maximum absolute atomic E-state index is 12.6. The Labute approximate surface area is 163 Å². The summed E-state index contributed by atoms with van der Waals surface area (Å²) in [6.45, 7) is 4.05. The summed E-state index contributed by atoms with van der Waals surface area (Å²) in [5, 5.41) is 2.70. The monoisotopic (exact) mass is 421 g/mol. The molecule has 1 aliphatic heterocycles. The van der Waals surface area contributed by atoms with E-state index in [4.69, 9.17) is 0 Å². The quantitative estimate of drug-likeness (QED) is 0.700. The standard InChI is InChI=1S/C18H26F3N3O3S/c1-3-24(4-2)28(26,27)16-7-5-6-15(10-16)17(25)22-11-14-8-9-23(12-14)13-18(19,20)21/h5-7,10,14H,3-4,8-9,11-13H2,1-2H3,(H,22,25). The molecule has 0 aliphatic carbocycles. The molecule has 0 spiro atoms. The third kappa shape index (κ3) is 5.92. The highest BCUT2D eigenvalue weighted by Gasteiger charge is 2.34. The molecule has 1 saturated heterocycles. The first-order valence-corrected chi connectivity index (χ1v) is 10.7. The lowest BCUT2D eigenvalue weighted by atomic mass is 10.1. The number of halogens is 3. The van der Waals surface area contributed by atoms with E-state index in [2.05, 4.69) is 5.32 Å². The number of sulfonamides is 1. The van der Waals surface area contributed by atoms with Crippen LogP contribution in [0.2, 0.25) is 0 Å². The van der Waals surface area contributed by atoms with Crippen molar-refractivity contribution in [1.82, 2.24) is 14.5 Å². The molecule has 6 nitrogen and oxygen atoms in total. The van der Waals surface area contributed by atoms with E-state index < -0.39 is 28.7 Å². The molecule has 0 radical (unpaired) electrons. The highest BCUT2D eigenvalue weighted by molar-refractivity contribution is 7.89. The first kappa shape index (κ1) is 22.6. The van der Waals surface area contributed by atoms with E-state index in [0.29, 0.717) is 26.1 Å². The number of carbonyl (C=O) groups is 1. The molecule has 0 saturated carbocycles. The summed E-state index contributed by atoms with van der Waals surface area (Å²) in [5.74, 6) is -0.500. The Morgan fingerprint density at radius 1 is 1.29 bits per heavy atom. The van der Waals surface area contributed by atoms with Gasteiger partial charge in [-0.3, -0.25) is 9.69 Å². The fraction of sp³-hybridized carbons (Fsp3) is 0.611. The van der Waals surface area contributed by atoms with Gasteiger partial charge in [-0.15, -0.1) is 0 Å². The minimum absolute atomic E-state index is 0.0427. The zero-order valence-electron chi connectivity index (χ0n) is 16.0. The Morgan fingerprint density at radius 2 is 1.96 bits per heavy atom. The lowest BCUT2D eigenvalue weighted by Crippen LogP contribution is -2.35. The van der Waals surface area contributed by atoms with Crippen molar-refractivity contribution in [3.63, 3.8) is 0 Å². The molecule has 2 rings (SSSR count). The molecular formula is C18H26F3N3O3S. The van der Waals surface area contributed by atoms with Gasteiger partial charge in [0.2, 0.25) is 10.0 Å². The zero-order valence-corrected chi connectivity index (χ0v) is 16.8. The lowest BCUT2D eigenvalue weighted by Gasteiger charge is -2.19. The van der Waals surface area contributed by atoms with Crippen molar-refractivity contribution in [1.29, 1.82) is 0 Å². The van der Waals surface area contributed by atoms with E-state index in [9.17, 15) is 26.4 Å². The summed E-state index contributed by atoms with van der Waals surface area (Å²) in [5.41, 5.74) is 0.207. The first-order chi connectivity index (χ1) is 13.1. The molecule has 1 unspecified atom stereocenters. The topological polar surface area (TPSA) is 69.7 Å². The van der Waals surface area contributed by atoms with Gasteiger partial charge in [0.05, 0.1) is 11.4 Å². The van der Waals surface area contributed by atoms with Crippen LogP contribution in [0.5, 0.6) is 0 Å². The second-order valence-corrected chi connectivity index (χ2v) is 8.77. The zero-order chi connectivity index (χ0) is 20.9. The van der Waals surface area contributed by atoms with Crippen LogP contribution in [0.15, 0.2) is 29.2 Å². The maximum Gasteiger partial charge on any atom is 0.401 e. The largest absolute Gasteiger partial charge is 0.401 e. The van der Waals surface area contributed by atoms with Gasteiger partial charge in [0.25, 0.3) is 5.91 Å². The van der Waals surface area contributed by atoms with Gasteiger partial charge in [-0.2, -0.15) is 17.5 Å². The predicted octanol–water partition coefficient (Wildman–Crippen LogP) is 2.33. The van der Waals surface area contributed by atoms with Crippen molar-refractivity contribution < 1.29 is 26.4 Å². The van der Waals surface area contributed by atoms with E-state index in [0.717, 1.165) is 0 Å². The van der Waals surface area contributed by atoms with Crippen LogP contribution in [-0.2, 0) is 10.0 Å². The minimum atomic E-state index is -4.23. The molecule has 1 aromatic carbocycles. The van der Waals surface area contributed by atoms with Gasteiger partial charge in [0.1, 0.15) is 0 Å². The van der Waals surface area contributed by atoms with Gasteiger partial charge in [0.15, 0.2) is 0 Å². The number of hydrogen-bond acceptors (Lipinski definition) is 4. The molecule has 1 atom stereocenters. The number of carbonyl (C=O) groups excluding carboxylic acids is 1. The molecule has 1 aromatic rings. The molecule has 1 amide bonds. The Balaban J connectivity index is 1.97. The lowest BCUT2D eigenvalue weighted by molar-refractivity contribution is -0.143. The minimum Gasteiger partial charge on any atom is -0.352 e. The summed E-state index contributed by atoms with van der Waals surface area (Å²) >= 11 is 0. The van der Waals surface area contributed by atoms with Gasteiger partial charge < -0.3 is 5.32 Å². The van der Waals surface area contributed by atoms with Crippen LogP contribution in [0, 0.1) is 5.92 Å². The highest BCUT2D eigenvalue weighted by Crippen LogP contribution is 2.22. The number of alkyl halides is 3. The number of nitrogens with one attached hydrogen (secondary N) is 1. The fourth-order valence-electron chi connectivity index (χ4n) is 3.33. The van der Waals surface area contributed by atoms with Gasteiger partial charge in [-0.25, -0.2) is 8.42 Å². The van der Waals surface area contributed by atoms with Crippen LogP contribution in [-0.4, -0.2) is 69.0 Å². The van der Waals surface area contributed by atoms with Gasteiger partial charge in [-0.05, 0) is 37.1 Å². The molecule has 1 N–H and O–H groups in total. The number of hydrogen-bond donors (Lipinski definition) is 1. The molecule has 1 fully saturated rings. The molecule has 1 aliphatic rings. The number of nitrogens with zero attached hydrogens (tertiary/aromatic N) is 2. The summed E-state index contributed by atoms with van der Waals surface area (Å²) in [6.07, 6.45) is -3.65. The number of benzene rings is 1. The molecule has 10 heteroatoms. The fourth-order valence-corrected chi connectivity index (χ4v) is 4.83. The summed E-state index contributed by atoms with van der Waals surface area (Å²) in [4.78, 5) is 13.8. The van der Waals surface area contributed by atoms with Crippen LogP contribution >= 0.6 is 0 Å². The van der Waals surface area contributed by atoms with Crippen molar-refractivity contribution in [3.05, 3.63) is 29.8 Å². The Hall–Kier alpha value is -1.65. The second-order valence-electron chi connectivity index (χ2n) is 6.83. The van der Waals surface area contributed by atoms with Crippen molar-refractivity contribution in [2.75, 3.05) is 39.3 Å². The second kappa shape index (κ2) is 9.23. The van der Waals surface area contributed by atoms with Crippen LogP contribution in [0.4, 0.5) is 13.2 Å². The van der Waals surface area contributed by atoms with E-state index in [1.54, 1.807) is 13.8 Å². The van der Waals surface area contributed by atoms with Crippen molar-refractivity contribution in [2.45, 2.75) is 31.3 Å². The third-order valence-corrected chi connectivity index (χ3v) is 6.81. The number of amides is 1. The average Bonchev–Trinajstić information content (AvgIpc) is 3.06. The summed E-state index contributed by atoms with van der Waals surface area (Å²) < 4.78 is 63.8. The molecule has 1 heterocycles. The number of rotatable bonds is 8. The van der Waals surface area contributed by atoms with Crippen LogP contribution < -0.4 is 5.32 Å². The van der Waals surface area contributed by atoms with E-state index >= 15 is 0 Å². The van der Waals surface area contributed by atoms with Crippen molar-refractivity contribution in [2.24, 2.45) is 5.92 Å². The smallest absolute Gasteiger partial charge is 0.352 e. The van der Waals surface area contributed by atoms with Crippen LogP contribution in [0.1, 0.15) is 30.6 Å². The maximum atomic E-state index is 12.6. The van der Waals surface area contributed by atoms with Crippen LogP contribution in [0.3, 0.4) is 0 Å². The average molecular weight is 421 g/mol. The van der Waals surface area contributed by atoms with E-state index in [1.165, 1.54) is 33.5 Å². The van der Waals surface area contributed by atoms with Gasteiger partial charge >= 0.3 is 6.18 Å². The van der Waals surface area contributed by atoms with E-state index in [1.807, 2.05) is 0 Å². The SMILES string of the molecule is CCN(CC)S(=O)(=O)c1cccc(C(=O)NCC2CCN(CC(F)(F)F)C2)c1. The van der Waals surface area contributed by atoms with Gasteiger partial charge in [0, 0.05) is 31.7 Å². The molecule has 0 bridgehead atoms. The highest BCUT2D eigenvalue weighted by atomic mass is 32.2. The summed E-state index contributed by atoms with van der Waals surface area (Å²) in [6, 6.07) is 5.79. The van der Waals surface area contributed by atoms with Crippen molar-refractivity contribution in [3.8, 4) is 0 Å². The van der Waals surface area contributed by atoms with Crippen LogP contribution in [0.25, 0.3) is 0 Å². The van der Waals surface area contributed by atoms with Gasteiger partial charge in [-0.1, -0.05) is 19.9 Å². The molecule has 0 aromatic heterocycles. The first-order valence-electron chi connectivity index (χ1n) is 9.24. The van der Waals surface area contributed by atoms with Crippen molar-refractivity contribution >= 4 is 15.9 Å². The Bertz CT molecular complexity index is 780. The normalized spacial score (nSPS) is 18.6.